The van der Waals surface area contributed by atoms with Gasteiger partial charge in [0.15, 0.2) is 0 Å². The monoisotopic (exact) mass is 571 g/mol. The highest BCUT2D eigenvalue weighted by atomic mass is 16.5. The number of carbonyl (C=O) groups excluding carboxylic acids is 3. The Morgan fingerprint density at radius 3 is 1.74 bits per heavy atom. The molecule has 0 bridgehead atoms. The van der Waals surface area contributed by atoms with Crippen LogP contribution in [0, 0.1) is 0 Å². The molecule has 0 aliphatic rings. The van der Waals surface area contributed by atoms with Crippen LogP contribution in [0.2, 0.25) is 0 Å². The molecule has 3 aromatic rings. The molecule has 0 aromatic heterocycles. The smallest absolute Gasteiger partial charge is 0.269 e. The second-order valence-electron chi connectivity index (χ2n) is 11.8. The Labute approximate surface area is 250 Å². The van der Waals surface area contributed by atoms with E-state index in [2.05, 4.69) is 43.9 Å². The summed E-state index contributed by atoms with van der Waals surface area (Å²) in [5.41, 5.74) is 8.57. The molecule has 0 fully saturated rings. The summed E-state index contributed by atoms with van der Waals surface area (Å²) in [6.07, 6.45) is 6.47. The Bertz CT molecular complexity index is 1290. The second-order valence-corrected chi connectivity index (χ2v) is 11.8. The molecule has 7 nitrogen and oxygen atoms in total. The second kappa shape index (κ2) is 15.8. The number of benzene rings is 3. The average molecular weight is 572 g/mol. The molecule has 0 saturated heterocycles. The number of nitrogens with one attached hydrogen (secondary N) is 3. The summed E-state index contributed by atoms with van der Waals surface area (Å²) in [6, 6.07) is 21.6. The van der Waals surface area contributed by atoms with Crippen LogP contribution in [-0.2, 0) is 11.8 Å². The van der Waals surface area contributed by atoms with E-state index in [9.17, 15) is 14.4 Å². The number of ether oxygens (including phenoxy) is 1. The lowest BCUT2D eigenvalue weighted by Gasteiger charge is -2.19. The predicted octanol–water partition coefficient (Wildman–Crippen LogP) is 6.77. The summed E-state index contributed by atoms with van der Waals surface area (Å²) in [6.45, 7) is 11.2. The number of hydrogen-bond acceptors (Lipinski definition) is 4. The highest BCUT2D eigenvalue weighted by Gasteiger charge is 2.16. The molecule has 3 N–H and O–H groups in total. The van der Waals surface area contributed by atoms with Crippen molar-refractivity contribution in [1.82, 2.24) is 16.2 Å². The van der Waals surface area contributed by atoms with Gasteiger partial charge in [-0.3, -0.25) is 25.2 Å². The molecule has 0 heterocycles. The molecule has 0 aliphatic carbocycles. The van der Waals surface area contributed by atoms with Gasteiger partial charge in [-0.25, -0.2) is 0 Å². The first-order chi connectivity index (χ1) is 20.1. The summed E-state index contributed by atoms with van der Waals surface area (Å²) in [5, 5.41) is 3.04. The van der Waals surface area contributed by atoms with Crippen LogP contribution in [-0.4, -0.2) is 30.4 Å². The van der Waals surface area contributed by atoms with Crippen molar-refractivity contribution < 1.29 is 19.1 Å². The third kappa shape index (κ3) is 10.4. The van der Waals surface area contributed by atoms with Crippen LogP contribution in [0.15, 0.2) is 72.8 Å². The van der Waals surface area contributed by atoms with Gasteiger partial charge in [-0.05, 0) is 84.8 Å². The fraction of sp³-hybridized carbons (Fsp3) is 0.400. The van der Waals surface area contributed by atoms with Crippen molar-refractivity contribution in [2.75, 3.05) is 6.61 Å². The van der Waals surface area contributed by atoms with Gasteiger partial charge >= 0.3 is 0 Å². The molecular weight excluding hydrogens is 526 g/mol. The van der Waals surface area contributed by atoms with Crippen LogP contribution in [0.4, 0.5) is 0 Å². The number of unbranched alkanes of at least 4 members (excludes halogenated alkanes) is 4. The molecular formula is C35H45N3O4. The van der Waals surface area contributed by atoms with Crippen LogP contribution in [0.5, 0.6) is 5.75 Å². The van der Waals surface area contributed by atoms with Gasteiger partial charge in [-0.1, -0.05) is 77.6 Å². The molecule has 0 saturated carbocycles. The maximum Gasteiger partial charge on any atom is 0.269 e. The van der Waals surface area contributed by atoms with E-state index in [1.54, 1.807) is 36.4 Å². The summed E-state index contributed by atoms with van der Waals surface area (Å²) in [7, 11) is 0. The fourth-order valence-corrected chi connectivity index (χ4v) is 4.48. The molecule has 224 valence electrons. The lowest BCUT2D eigenvalue weighted by atomic mass is 9.86. The Kier molecular flexibility index (Phi) is 12.1. The van der Waals surface area contributed by atoms with E-state index in [1.165, 1.54) is 24.8 Å². The van der Waals surface area contributed by atoms with E-state index in [-0.39, 0.29) is 17.4 Å². The van der Waals surface area contributed by atoms with Crippen LogP contribution < -0.4 is 20.9 Å². The Hall–Kier alpha value is -4.13. The van der Waals surface area contributed by atoms with Crippen LogP contribution in [0.3, 0.4) is 0 Å². The van der Waals surface area contributed by atoms with Crippen molar-refractivity contribution in [3.63, 3.8) is 0 Å². The van der Waals surface area contributed by atoms with Crippen LogP contribution >= 0.6 is 0 Å². The lowest BCUT2D eigenvalue weighted by molar-refractivity contribution is 0.0846. The zero-order chi connectivity index (χ0) is 30.5. The van der Waals surface area contributed by atoms with E-state index in [0.29, 0.717) is 29.7 Å². The van der Waals surface area contributed by atoms with Gasteiger partial charge in [0.1, 0.15) is 5.75 Å². The quantitative estimate of drug-likeness (QED) is 0.156. The maximum absolute atomic E-state index is 12.7. The minimum absolute atomic E-state index is 0.0334. The molecule has 3 aromatic carbocycles. The Balaban J connectivity index is 1.41. The topological polar surface area (TPSA) is 96.5 Å². The van der Waals surface area contributed by atoms with Crippen molar-refractivity contribution in [3.05, 3.63) is 101 Å². The lowest BCUT2D eigenvalue weighted by Crippen LogP contribution is -2.41. The van der Waals surface area contributed by atoms with Crippen molar-refractivity contribution in [2.24, 2.45) is 0 Å². The molecule has 0 spiro atoms. The SMILES string of the molecule is CCCCCCCOc1ccc(C(=O)NNC(=O)c2ccc(C[C@H](C)NC(=O)c3ccc(C(C)(C)C)cc3)cc2)cc1. The molecule has 0 unspecified atom stereocenters. The number of carbonyl (C=O) groups is 3. The van der Waals surface area contributed by atoms with E-state index in [1.807, 2.05) is 43.3 Å². The summed E-state index contributed by atoms with van der Waals surface area (Å²) < 4.78 is 5.74. The molecule has 7 heteroatoms. The van der Waals surface area contributed by atoms with Crippen molar-refractivity contribution in [2.45, 2.75) is 84.6 Å². The molecule has 42 heavy (non-hydrogen) atoms. The van der Waals surface area contributed by atoms with E-state index >= 15 is 0 Å². The van der Waals surface area contributed by atoms with Gasteiger partial charge in [0, 0.05) is 22.7 Å². The first-order valence-electron chi connectivity index (χ1n) is 14.9. The predicted molar refractivity (Wildman–Crippen MR) is 168 cm³/mol. The first kappa shape index (κ1) is 32.4. The summed E-state index contributed by atoms with van der Waals surface area (Å²) >= 11 is 0. The van der Waals surface area contributed by atoms with Gasteiger partial charge in [-0.2, -0.15) is 0 Å². The van der Waals surface area contributed by atoms with E-state index < -0.39 is 11.8 Å². The highest BCUT2D eigenvalue weighted by molar-refractivity contribution is 5.99. The third-order valence-corrected chi connectivity index (χ3v) is 7.07. The zero-order valence-corrected chi connectivity index (χ0v) is 25.6. The highest BCUT2D eigenvalue weighted by Crippen LogP contribution is 2.22. The number of hydrogen-bond donors (Lipinski definition) is 3. The fourth-order valence-electron chi connectivity index (χ4n) is 4.48. The van der Waals surface area contributed by atoms with E-state index in [0.717, 1.165) is 24.2 Å². The van der Waals surface area contributed by atoms with Crippen LogP contribution in [0.25, 0.3) is 0 Å². The summed E-state index contributed by atoms with van der Waals surface area (Å²) in [4.78, 5) is 37.7. The molecule has 0 radical (unpaired) electrons. The number of rotatable bonds is 13. The molecule has 3 amide bonds. The van der Waals surface area contributed by atoms with Crippen molar-refractivity contribution in [1.29, 1.82) is 0 Å². The molecule has 1 atom stereocenters. The number of hydrazine groups is 1. The van der Waals surface area contributed by atoms with Gasteiger partial charge in [-0.15, -0.1) is 0 Å². The van der Waals surface area contributed by atoms with Crippen molar-refractivity contribution >= 4 is 17.7 Å². The third-order valence-electron chi connectivity index (χ3n) is 7.07. The normalized spacial score (nSPS) is 11.8. The van der Waals surface area contributed by atoms with Gasteiger partial charge in [0.25, 0.3) is 17.7 Å². The van der Waals surface area contributed by atoms with Crippen molar-refractivity contribution in [3.8, 4) is 5.75 Å². The zero-order valence-electron chi connectivity index (χ0n) is 25.6. The van der Waals surface area contributed by atoms with Gasteiger partial charge in [0.2, 0.25) is 0 Å². The maximum atomic E-state index is 12.7. The molecule has 3 rings (SSSR count). The van der Waals surface area contributed by atoms with Crippen LogP contribution in [0.1, 0.15) is 109 Å². The Morgan fingerprint density at radius 1 is 0.690 bits per heavy atom. The van der Waals surface area contributed by atoms with Gasteiger partial charge < -0.3 is 10.1 Å². The standard InChI is InChI=1S/C35H45N3O4/c1-6-7-8-9-10-23-42-31-21-17-29(18-22-31)34(41)38-37-33(40)28-13-11-26(12-14-28)24-25(2)36-32(39)27-15-19-30(20-16-27)35(3,4)5/h11-22,25H,6-10,23-24H2,1-5H3,(H,36,39)(H,37,40)(H,38,41)/t25-/m0/s1. The largest absolute Gasteiger partial charge is 0.494 e. The minimum Gasteiger partial charge on any atom is -0.494 e. The number of amides is 3. The molecule has 0 aliphatic heterocycles. The Morgan fingerprint density at radius 2 is 1.19 bits per heavy atom. The van der Waals surface area contributed by atoms with Gasteiger partial charge in [0.05, 0.1) is 6.61 Å². The minimum atomic E-state index is -0.419. The average Bonchev–Trinajstić information content (AvgIpc) is 2.97. The summed E-state index contributed by atoms with van der Waals surface area (Å²) in [5.74, 6) is -0.230. The first-order valence-corrected chi connectivity index (χ1v) is 14.9. The van der Waals surface area contributed by atoms with E-state index in [4.69, 9.17) is 4.74 Å².